The van der Waals surface area contributed by atoms with Gasteiger partial charge in [-0.3, -0.25) is 9.59 Å². The van der Waals surface area contributed by atoms with Crippen LogP contribution in [0.15, 0.2) is 0 Å². The fraction of sp³-hybridized carbons (Fsp3) is 0.818. The number of halogens is 6. The first-order chi connectivity index (χ1) is 8.56. The zero-order valence-electron chi connectivity index (χ0n) is 8.89. The van der Waals surface area contributed by atoms with Gasteiger partial charge in [0.05, 0.1) is 33.4 Å². The van der Waals surface area contributed by atoms with Crippen LogP contribution in [-0.2, 0) is 9.59 Å². The molecule has 0 aromatic carbocycles. The van der Waals surface area contributed by atoms with Crippen LogP contribution in [0.25, 0.3) is 0 Å². The van der Waals surface area contributed by atoms with Gasteiger partial charge < -0.3 is 0 Å². The van der Waals surface area contributed by atoms with Crippen molar-refractivity contribution in [3.05, 3.63) is 0 Å². The third kappa shape index (κ3) is 0.629. The number of hydrogen-bond acceptors (Lipinski definition) is 2. The van der Waals surface area contributed by atoms with Gasteiger partial charge in [-0.1, -0.05) is 23.2 Å². The Balaban J connectivity index is 2.03. The number of fused-ring (bicyclic) bond motifs is 2. The van der Waals surface area contributed by atoms with E-state index in [1.54, 1.807) is 0 Å². The van der Waals surface area contributed by atoms with Crippen molar-refractivity contribution in [2.45, 2.75) is 23.8 Å². The lowest BCUT2D eigenvalue weighted by Crippen LogP contribution is -2.73. The molecule has 0 aliphatic heterocycles. The summed E-state index contributed by atoms with van der Waals surface area (Å²) in [6, 6.07) is 0. The molecule has 0 radical (unpaired) electrons. The van der Waals surface area contributed by atoms with E-state index >= 15 is 0 Å². The quantitative estimate of drug-likeness (QED) is 0.605. The molecule has 0 aromatic rings. The predicted octanol–water partition coefficient (Wildman–Crippen LogP) is 2.74. The summed E-state index contributed by atoms with van der Waals surface area (Å²) in [6.07, 6.45) is 0. The fourth-order valence-corrected chi connectivity index (χ4v) is 9.87. The normalized spacial score (nSPS) is 73.2. The average molecular weight is 381 g/mol. The Bertz CT molecular complexity index is 583. The van der Waals surface area contributed by atoms with E-state index in [1.807, 2.05) is 0 Å². The van der Waals surface area contributed by atoms with Gasteiger partial charge in [-0.15, -0.1) is 46.4 Å². The van der Waals surface area contributed by atoms with Crippen molar-refractivity contribution in [2.75, 3.05) is 0 Å². The highest BCUT2D eigenvalue weighted by molar-refractivity contribution is 6.68. The molecule has 0 saturated heterocycles. The molecule has 5 saturated carbocycles. The molecule has 5 aliphatic carbocycles. The number of alkyl halides is 6. The second kappa shape index (κ2) is 2.59. The lowest BCUT2D eigenvalue weighted by molar-refractivity contribution is -0.143. The maximum atomic E-state index is 12.5. The monoisotopic (exact) mass is 378 g/mol. The molecule has 0 aromatic heterocycles. The van der Waals surface area contributed by atoms with Crippen LogP contribution in [0.5, 0.6) is 0 Å². The maximum absolute atomic E-state index is 12.5. The van der Waals surface area contributed by atoms with Gasteiger partial charge in [-0.25, -0.2) is 0 Å². The van der Waals surface area contributed by atoms with E-state index in [1.165, 1.54) is 0 Å². The third-order valence-electron chi connectivity index (χ3n) is 6.11. The van der Waals surface area contributed by atoms with E-state index < -0.39 is 47.5 Å². The number of carbonyl (C=O) groups excluding carboxylic acids is 2. The summed E-state index contributed by atoms with van der Waals surface area (Å²) in [5.74, 6) is -3.41. The predicted molar refractivity (Wildman–Crippen MR) is 72.7 cm³/mol. The molecular formula is C11H4Cl6O2. The average Bonchev–Trinajstić information content (AvgIpc) is 2.57. The second-order valence-electron chi connectivity index (χ2n) is 6.14. The van der Waals surface area contributed by atoms with Crippen LogP contribution in [-0.4, -0.2) is 35.4 Å². The van der Waals surface area contributed by atoms with Gasteiger partial charge in [-0.05, 0) is 0 Å². The molecule has 8 heteroatoms. The molecule has 8 atom stereocenters. The molecule has 0 heterocycles. The minimum atomic E-state index is -1.72. The Morgan fingerprint density at radius 3 is 1.16 bits per heavy atom. The van der Waals surface area contributed by atoms with Gasteiger partial charge in [-0.2, -0.15) is 0 Å². The summed E-state index contributed by atoms with van der Waals surface area (Å²) in [5, 5.41) is 0. The first kappa shape index (κ1) is 12.6. The van der Waals surface area contributed by atoms with Crippen LogP contribution in [0.4, 0.5) is 0 Å². The van der Waals surface area contributed by atoms with Gasteiger partial charge in [0.1, 0.15) is 21.3 Å². The largest absolute Gasteiger partial charge is 0.299 e. The molecule has 5 aliphatic rings. The van der Waals surface area contributed by atoms with Crippen LogP contribution < -0.4 is 0 Å². The summed E-state index contributed by atoms with van der Waals surface area (Å²) < 4.78 is -1.72. The van der Waals surface area contributed by atoms with Crippen molar-refractivity contribution in [3.8, 4) is 0 Å². The molecule has 5 rings (SSSR count). The molecule has 0 spiro atoms. The molecule has 102 valence electrons. The number of ketones is 2. The summed E-state index contributed by atoms with van der Waals surface area (Å²) in [7, 11) is 0. The van der Waals surface area contributed by atoms with E-state index in [4.69, 9.17) is 69.6 Å². The SMILES string of the molecule is O=C1[C@@H]2[C@H]3C(=O)[C@H]4[C@@H]1[C@]1(Cl)C(Cl)(Cl)[C@@]4(Cl)[C@@]3(Cl)[C@@]21Cl. The van der Waals surface area contributed by atoms with E-state index in [2.05, 4.69) is 0 Å². The smallest absolute Gasteiger partial charge is 0.161 e. The second-order valence-corrected chi connectivity index (χ2v) is 9.85. The molecule has 5 fully saturated rings. The van der Waals surface area contributed by atoms with Crippen LogP contribution in [0.1, 0.15) is 0 Å². The molecule has 0 N–H and O–H groups in total. The Morgan fingerprint density at radius 1 is 0.579 bits per heavy atom. The van der Waals surface area contributed by atoms with Crippen molar-refractivity contribution in [1.82, 2.24) is 0 Å². The Kier molecular flexibility index (Phi) is 1.72. The van der Waals surface area contributed by atoms with Gasteiger partial charge in [0.2, 0.25) is 0 Å². The molecule has 0 amide bonds. The number of Topliss-reactive ketones (excluding diaryl/α,β-unsaturated/α-hetero) is 2. The maximum Gasteiger partial charge on any atom is 0.161 e. The first-order valence-corrected chi connectivity index (χ1v) is 8.04. The van der Waals surface area contributed by atoms with Crippen molar-refractivity contribution in [3.63, 3.8) is 0 Å². The highest BCUT2D eigenvalue weighted by Crippen LogP contribution is 2.96. The van der Waals surface area contributed by atoms with Crippen molar-refractivity contribution in [2.24, 2.45) is 23.7 Å². The Hall–Kier alpha value is 1.08. The van der Waals surface area contributed by atoms with E-state index in [9.17, 15) is 9.59 Å². The topological polar surface area (TPSA) is 34.1 Å². The molecule has 2 bridgehead atoms. The van der Waals surface area contributed by atoms with Gasteiger partial charge in [0, 0.05) is 0 Å². The number of carbonyl (C=O) groups is 2. The van der Waals surface area contributed by atoms with Gasteiger partial charge >= 0.3 is 0 Å². The van der Waals surface area contributed by atoms with Crippen LogP contribution in [0.3, 0.4) is 0 Å². The molecular weight excluding hydrogens is 377 g/mol. The number of hydrogen-bond donors (Lipinski definition) is 0. The summed E-state index contributed by atoms with van der Waals surface area (Å²) in [6.45, 7) is 0. The van der Waals surface area contributed by atoms with Crippen LogP contribution >= 0.6 is 69.6 Å². The van der Waals surface area contributed by atoms with Crippen LogP contribution in [0.2, 0.25) is 0 Å². The minimum absolute atomic E-state index is 0.165. The highest BCUT2D eigenvalue weighted by atomic mass is 35.5. The van der Waals surface area contributed by atoms with Crippen molar-refractivity contribution < 1.29 is 9.59 Å². The Morgan fingerprint density at radius 2 is 0.842 bits per heavy atom. The highest BCUT2D eigenvalue weighted by Gasteiger charge is 3.11. The van der Waals surface area contributed by atoms with E-state index in [-0.39, 0.29) is 11.6 Å². The fourth-order valence-electron chi connectivity index (χ4n) is 5.65. The standard InChI is InChI=1S/C11H4Cl6O2/c12-7-1-2-6(19)4-3(5(1)18)9(7,14)11(16,17)10(4,15)8(2,7)13/h1-4H/t1-,2-,3-,4+,7-,8-,9+,10-/m0/s1. The third-order valence-corrected chi connectivity index (χ3v) is 11.3. The summed E-state index contributed by atoms with van der Waals surface area (Å²) in [5.41, 5.74) is 0. The molecule has 19 heavy (non-hydrogen) atoms. The zero-order chi connectivity index (χ0) is 14.0. The molecule has 2 nitrogen and oxygen atoms in total. The zero-order valence-corrected chi connectivity index (χ0v) is 13.4. The van der Waals surface area contributed by atoms with Gasteiger partial charge in [0.15, 0.2) is 4.33 Å². The van der Waals surface area contributed by atoms with E-state index in [0.29, 0.717) is 0 Å². The lowest BCUT2D eigenvalue weighted by atomic mass is 9.57. The Labute approximate surface area is 138 Å². The minimum Gasteiger partial charge on any atom is -0.299 e. The van der Waals surface area contributed by atoms with Crippen molar-refractivity contribution >= 4 is 81.2 Å². The summed E-state index contributed by atoms with van der Waals surface area (Å²) >= 11 is 39.4. The summed E-state index contributed by atoms with van der Waals surface area (Å²) in [4.78, 5) is 19.3. The number of rotatable bonds is 0. The molecule has 0 unspecified atom stereocenters. The van der Waals surface area contributed by atoms with E-state index in [0.717, 1.165) is 0 Å². The first-order valence-electron chi connectivity index (χ1n) is 5.77. The van der Waals surface area contributed by atoms with Crippen molar-refractivity contribution in [1.29, 1.82) is 0 Å². The van der Waals surface area contributed by atoms with Gasteiger partial charge in [0.25, 0.3) is 0 Å². The lowest BCUT2D eigenvalue weighted by Gasteiger charge is -2.58. The van der Waals surface area contributed by atoms with Crippen LogP contribution in [0, 0.1) is 23.7 Å².